The van der Waals surface area contributed by atoms with Crippen LogP contribution < -0.4 is 10.6 Å². The maximum absolute atomic E-state index is 12.3. The van der Waals surface area contributed by atoms with Gasteiger partial charge in [0.05, 0.1) is 4.75 Å². The molecule has 0 radical (unpaired) electrons. The molecule has 30 heavy (non-hydrogen) atoms. The van der Waals surface area contributed by atoms with E-state index in [2.05, 4.69) is 47.0 Å². The SMILES string of the molecule is CNC(=O)C(CSC(c1ccccc1)(c1ccccc1)c1ccccc1)NC(=O)O. The van der Waals surface area contributed by atoms with Crippen molar-refractivity contribution in [3.05, 3.63) is 108 Å². The molecule has 0 aliphatic rings. The average molecular weight is 421 g/mol. The fraction of sp³-hybridized carbons (Fsp3) is 0.167. The molecule has 0 bridgehead atoms. The molecule has 0 aliphatic carbocycles. The maximum atomic E-state index is 12.3. The molecule has 0 heterocycles. The summed E-state index contributed by atoms with van der Waals surface area (Å²) in [4.78, 5) is 23.6. The normalized spacial score (nSPS) is 12.0. The molecule has 3 N–H and O–H groups in total. The predicted molar refractivity (Wildman–Crippen MR) is 121 cm³/mol. The Morgan fingerprint density at radius 3 is 1.57 bits per heavy atom. The van der Waals surface area contributed by atoms with Crippen LogP contribution in [0.25, 0.3) is 0 Å². The first kappa shape index (κ1) is 21.5. The van der Waals surface area contributed by atoms with Gasteiger partial charge in [-0.1, -0.05) is 91.0 Å². The minimum Gasteiger partial charge on any atom is -0.465 e. The van der Waals surface area contributed by atoms with Gasteiger partial charge in [-0.2, -0.15) is 0 Å². The van der Waals surface area contributed by atoms with Crippen LogP contribution in [0.2, 0.25) is 0 Å². The van der Waals surface area contributed by atoms with Gasteiger partial charge in [0.1, 0.15) is 6.04 Å². The number of rotatable bonds is 8. The van der Waals surface area contributed by atoms with Crippen LogP contribution in [0.15, 0.2) is 91.0 Å². The molecule has 0 saturated carbocycles. The second kappa shape index (κ2) is 9.98. The lowest BCUT2D eigenvalue weighted by molar-refractivity contribution is -0.122. The fourth-order valence-electron chi connectivity index (χ4n) is 3.48. The van der Waals surface area contributed by atoms with Crippen LogP contribution in [-0.2, 0) is 9.54 Å². The number of likely N-dealkylation sites (N-methyl/N-ethyl adjacent to an activating group) is 1. The van der Waals surface area contributed by atoms with Crippen LogP contribution in [0.3, 0.4) is 0 Å². The Morgan fingerprint density at radius 2 is 1.23 bits per heavy atom. The minimum atomic E-state index is -1.23. The van der Waals surface area contributed by atoms with Gasteiger partial charge in [-0.05, 0) is 16.7 Å². The predicted octanol–water partition coefficient (Wildman–Crippen LogP) is 4.09. The summed E-state index contributed by atoms with van der Waals surface area (Å²) in [5, 5.41) is 14.1. The maximum Gasteiger partial charge on any atom is 0.405 e. The third-order valence-corrected chi connectivity index (χ3v) is 6.51. The highest BCUT2D eigenvalue weighted by atomic mass is 32.2. The van der Waals surface area contributed by atoms with Gasteiger partial charge >= 0.3 is 6.09 Å². The number of carbonyl (C=O) groups is 2. The van der Waals surface area contributed by atoms with Crippen molar-refractivity contribution in [2.24, 2.45) is 0 Å². The minimum absolute atomic E-state index is 0.255. The van der Waals surface area contributed by atoms with Crippen molar-refractivity contribution < 1.29 is 14.7 Å². The fourth-order valence-corrected chi connectivity index (χ4v) is 5.04. The number of benzene rings is 3. The molecule has 0 aliphatic heterocycles. The molecule has 0 aromatic heterocycles. The monoisotopic (exact) mass is 420 g/mol. The van der Waals surface area contributed by atoms with E-state index in [0.29, 0.717) is 0 Å². The van der Waals surface area contributed by atoms with Crippen LogP contribution in [0.1, 0.15) is 16.7 Å². The lowest BCUT2D eigenvalue weighted by atomic mass is 9.84. The van der Waals surface area contributed by atoms with E-state index in [-0.39, 0.29) is 11.7 Å². The van der Waals surface area contributed by atoms with E-state index in [1.807, 2.05) is 54.6 Å². The summed E-state index contributed by atoms with van der Waals surface area (Å²) in [7, 11) is 1.50. The van der Waals surface area contributed by atoms with E-state index in [9.17, 15) is 14.7 Å². The molecule has 154 valence electrons. The molecule has 6 heteroatoms. The average Bonchev–Trinajstić information content (AvgIpc) is 2.80. The van der Waals surface area contributed by atoms with Crippen molar-refractivity contribution >= 4 is 23.8 Å². The van der Waals surface area contributed by atoms with Crippen molar-refractivity contribution in [3.63, 3.8) is 0 Å². The van der Waals surface area contributed by atoms with Crippen LogP contribution in [0.5, 0.6) is 0 Å². The number of thioether (sulfide) groups is 1. The van der Waals surface area contributed by atoms with Gasteiger partial charge in [-0.25, -0.2) is 4.79 Å². The van der Waals surface area contributed by atoms with Gasteiger partial charge in [-0.3, -0.25) is 4.79 Å². The van der Waals surface area contributed by atoms with Gasteiger partial charge in [0.15, 0.2) is 0 Å². The molecule has 2 amide bonds. The van der Waals surface area contributed by atoms with E-state index < -0.39 is 16.9 Å². The number of hydrogen-bond donors (Lipinski definition) is 3. The van der Waals surface area contributed by atoms with E-state index in [1.165, 1.54) is 18.8 Å². The Kier molecular flexibility index (Phi) is 7.14. The molecular weight excluding hydrogens is 396 g/mol. The summed E-state index contributed by atoms with van der Waals surface area (Å²) < 4.78 is -0.615. The number of amides is 2. The van der Waals surface area contributed by atoms with Gasteiger partial charge in [0, 0.05) is 12.8 Å². The van der Waals surface area contributed by atoms with Crippen LogP contribution >= 0.6 is 11.8 Å². The zero-order valence-corrected chi connectivity index (χ0v) is 17.4. The van der Waals surface area contributed by atoms with Crippen LogP contribution in [0, 0.1) is 0 Å². The summed E-state index contributed by atoms with van der Waals surface area (Å²) in [6.45, 7) is 0. The van der Waals surface area contributed by atoms with Crippen molar-refractivity contribution in [2.45, 2.75) is 10.8 Å². The molecule has 3 aromatic carbocycles. The van der Waals surface area contributed by atoms with Crippen molar-refractivity contribution in [3.8, 4) is 0 Å². The first-order chi connectivity index (χ1) is 14.6. The summed E-state index contributed by atoms with van der Waals surface area (Å²) in [6, 6.07) is 29.3. The first-order valence-electron chi connectivity index (χ1n) is 9.59. The molecular formula is C24H24N2O3S. The number of hydrogen-bond acceptors (Lipinski definition) is 3. The lowest BCUT2D eigenvalue weighted by Gasteiger charge is -2.36. The molecule has 3 rings (SSSR count). The van der Waals surface area contributed by atoms with Crippen molar-refractivity contribution in [1.29, 1.82) is 0 Å². The highest BCUT2D eigenvalue weighted by Crippen LogP contribution is 2.48. The smallest absolute Gasteiger partial charge is 0.405 e. The molecule has 0 saturated heterocycles. The highest BCUT2D eigenvalue weighted by Gasteiger charge is 2.38. The zero-order valence-electron chi connectivity index (χ0n) is 16.6. The van der Waals surface area contributed by atoms with Crippen molar-refractivity contribution in [2.75, 3.05) is 12.8 Å². The second-order valence-corrected chi connectivity index (χ2v) is 7.94. The topological polar surface area (TPSA) is 78.4 Å². The molecule has 3 aromatic rings. The quantitative estimate of drug-likeness (QED) is 0.480. The molecule has 0 spiro atoms. The summed E-state index contributed by atoms with van der Waals surface area (Å²) >= 11 is 1.54. The molecule has 1 atom stereocenters. The van der Waals surface area contributed by atoms with E-state index in [0.717, 1.165) is 16.7 Å². The zero-order chi connectivity index (χ0) is 21.4. The standard InChI is InChI=1S/C24H24N2O3S/c1-25-22(27)21(26-23(28)29)17-30-24(18-11-5-2-6-12-18,19-13-7-3-8-14-19)20-15-9-4-10-16-20/h2-16,21,26H,17H2,1H3,(H,25,27)(H,28,29). The molecule has 5 nitrogen and oxygen atoms in total. The highest BCUT2D eigenvalue weighted by molar-refractivity contribution is 8.00. The number of carbonyl (C=O) groups excluding carboxylic acids is 1. The van der Waals surface area contributed by atoms with Crippen LogP contribution in [-0.4, -0.2) is 35.9 Å². The Balaban J connectivity index is 2.13. The second-order valence-electron chi connectivity index (χ2n) is 6.71. The Hall–Kier alpha value is -3.25. The van der Waals surface area contributed by atoms with Gasteiger partial charge in [0.25, 0.3) is 0 Å². The van der Waals surface area contributed by atoms with Gasteiger partial charge in [0.2, 0.25) is 5.91 Å². The Labute approximate surface area is 180 Å². The summed E-state index contributed by atoms with van der Waals surface area (Å²) in [6.07, 6.45) is -1.23. The Morgan fingerprint density at radius 1 is 0.833 bits per heavy atom. The summed E-state index contributed by atoms with van der Waals surface area (Å²) in [5.41, 5.74) is 3.16. The Bertz CT molecular complexity index is 869. The van der Waals surface area contributed by atoms with Crippen molar-refractivity contribution in [1.82, 2.24) is 10.6 Å². The largest absolute Gasteiger partial charge is 0.465 e. The van der Waals surface area contributed by atoms with E-state index in [1.54, 1.807) is 0 Å². The third-order valence-electron chi connectivity index (χ3n) is 4.87. The van der Waals surface area contributed by atoms with E-state index in [4.69, 9.17) is 0 Å². The van der Waals surface area contributed by atoms with Gasteiger partial charge < -0.3 is 15.7 Å². The molecule has 1 unspecified atom stereocenters. The lowest BCUT2D eigenvalue weighted by Crippen LogP contribution is -2.47. The van der Waals surface area contributed by atoms with Crippen LogP contribution in [0.4, 0.5) is 4.79 Å². The molecule has 0 fully saturated rings. The number of carboxylic acid groups (broad SMARTS) is 1. The number of nitrogens with one attached hydrogen (secondary N) is 2. The van der Waals surface area contributed by atoms with E-state index >= 15 is 0 Å². The first-order valence-corrected chi connectivity index (χ1v) is 10.6. The van der Waals surface area contributed by atoms with Gasteiger partial charge in [-0.15, -0.1) is 11.8 Å². The summed E-state index contributed by atoms with van der Waals surface area (Å²) in [5.74, 6) is -0.113. The third kappa shape index (κ3) is 4.66.